The maximum atomic E-state index is 13.0. The number of rotatable bonds is 8. The number of amides is 3. The van der Waals surface area contributed by atoms with Gasteiger partial charge >= 0.3 is 6.03 Å². The van der Waals surface area contributed by atoms with Crippen LogP contribution in [0.4, 0.5) is 4.79 Å². The Morgan fingerprint density at radius 3 is 2.14 bits per heavy atom. The molecule has 5 heteroatoms. The quantitative estimate of drug-likeness (QED) is 0.636. The number of hydrogen-bond acceptors (Lipinski definition) is 2. The molecule has 1 fully saturated rings. The summed E-state index contributed by atoms with van der Waals surface area (Å²) in [6, 6.07) is 19.8. The molecule has 3 amide bonds. The van der Waals surface area contributed by atoms with Gasteiger partial charge < -0.3 is 16.0 Å². The van der Waals surface area contributed by atoms with Gasteiger partial charge in [0.25, 0.3) is 0 Å². The highest BCUT2D eigenvalue weighted by atomic mass is 16.2. The van der Waals surface area contributed by atoms with Gasteiger partial charge in [0.1, 0.15) is 5.54 Å². The van der Waals surface area contributed by atoms with Gasteiger partial charge in [-0.3, -0.25) is 4.79 Å². The van der Waals surface area contributed by atoms with Crippen molar-refractivity contribution in [3.63, 3.8) is 0 Å². The zero-order valence-electron chi connectivity index (χ0n) is 17.1. The van der Waals surface area contributed by atoms with Gasteiger partial charge in [-0.1, -0.05) is 73.5 Å². The van der Waals surface area contributed by atoms with Crippen molar-refractivity contribution < 1.29 is 9.59 Å². The van der Waals surface area contributed by atoms with Crippen LogP contribution in [0.5, 0.6) is 0 Å². The Morgan fingerprint density at radius 1 is 0.931 bits per heavy atom. The van der Waals surface area contributed by atoms with Gasteiger partial charge in [-0.2, -0.15) is 0 Å². The first-order valence-electron chi connectivity index (χ1n) is 10.5. The highest BCUT2D eigenvalue weighted by Crippen LogP contribution is 2.30. The van der Waals surface area contributed by atoms with E-state index in [1.54, 1.807) is 0 Å². The second-order valence-corrected chi connectivity index (χ2v) is 7.98. The van der Waals surface area contributed by atoms with Crippen molar-refractivity contribution in [3.8, 4) is 0 Å². The molecule has 3 N–H and O–H groups in total. The monoisotopic (exact) mass is 393 g/mol. The highest BCUT2D eigenvalue weighted by Gasteiger charge is 2.42. The van der Waals surface area contributed by atoms with Crippen LogP contribution in [-0.2, 0) is 17.8 Å². The van der Waals surface area contributed by atoms with Crippen molar-refractivity contribution in [2.45, 2.75) is 63.6 Å². The fourth-order valence-corrected chi connectivity index (χ4v) is 3.89. The van der Waals surface area contributed by atoms with E-state index in [1.165, 1.54) is 5.56 Å². The summed E-state index contributed by atoms with van der Waals surface area (Å²) in [7, 11) is 0. The maximum Gasteiger partial charge on any atom is 0.315 e. The largest absolute Gasteiger partial charge is 0.352 e. The average Bonchev–Trinajstić information content (AvgIpc) is 3.22. The third-order valence-electron chi connectivity index (χ3n) is 5.63. The van der Waals surface area contributed by atoms with Gasteiger partial charge in [-0.05, 0) is 43.7 Å². The summed E-state index contributed by atoms with van der Waals surface area (Å²) in [5, 5.41) is 8.99. The van der Waals surface area contributed by atoms with E-state index in [0.717, 1.165) is 31.2 Å². The summed E-state index contributed by atoms with van der Waals surface area (Å²) in [5.41, 5.74) is 1.49. The van der Waals surface area contributed by atoms with Gasteiger partial charge in [0.15, 0.2) is 0 Å². The van der Waals surface area contributed by atoms with E-state index in [0.29, 0.717) is 19.4 Å². The minimum absolute atomic E-state index is 0.0503. The fourth-order valence-electron chi connectivity index (χ4n) is 3.89. The van der Waals surface area contributed by atoms with E-state index in [1.807, 2.05) is 55.5 Å². The Morgan fingerprint density at radius 2 is 1.52 bits per heavy atom. The molecule has 2 aromatic carbocycles. The van der Waals surface area contributed by atoms with E-state index in [2.05, 4.69) is 28.1 Å². The number of hydrogen-bond donors (Lipinski definition) is 3. The molecule has 154 valence electrons. The average molecular weight is 394 g/mol. The van der Waals surface area contributed by atoms with Crippen molar-refractivity contribution in [1.29, 1.82) is 0 Å². The molecule has 1 atom stereocenters. The highest BCUT2D eigenvalue weighted by molar-refractivity contribution is 5.91. The summed E-state index contributed by atoms with van der Waals surface area (Å²) in [6.45, 7) is 2.47. The summed E-state index contributed by atoms with van der Waals surface area (Å²) in [4.78, 5) is 25.5. The molecule has 0 spiro atoms. The standard InChI is InChI=1S/C24H31N3O2/c1-19(14-15-20-10-4-2-5-11-20)26-22(28)24(16-8-9-17-24)27-23(29)25-18-21-12-6-3-7-13-21/h2-7,10-13,19H,8-9,14-18H2,1H3,(H,26,28)(H2,25,27,29). The van der Waals surface area contributed by atoms with Crippen LogP contribution in [0.15, 0.2) is 60.7 Å². The van der Waals surface area contributed by atoms with E-state index < -0.39 is 5.54 Å². The first kappa shape index (κ1) is 20.9. The number of aryl methyl sites for hydroxylation is 1. The van der Waals surface area contributed by atoms with Crippen LogP contribution >= 0.6 is 0 Å². The number of nitrogens with one attached hydrogen (secondary N) is 3. The predicted molar refractivity (Wildman–Crippen MR) is 115 cm³/mol. The van der Waals surface area contributed by atoms with Gasteiger partial charge in [0, 0.05) is 12.6 Å². The molecule has 1 saturated carbocycles. The summed E-state index contributed by atoms with van der Waals surface area (Å²) in [6.07, 6.45) is 5.05. The molecule has 0 aromatic heterocycles. The minimum Gasteiger partial charge on any atom is -0.352 e. The van der Waals surface area contributed by atoms with Crippen molar-refractivity contribution in [2.75, 3.05) is 0 Å². The number of carbonyl (C=O) groups is 2. The van der Waals surface area contributed by atoms with E-state index in [-0.39, 0.29) is 18.0 Å². The maximum absolute atomic E-state index is 13.0. The van der Waals surface area contributed by atoms with Crippen molar-refractivity contribution in [3.05, 3.63) is 71.8 Å². The molecule has 2 aromatic rings. The molecule has 1 unspecified atom stereocenters. The molecule has 0 aliphatic heterocycles. The van der Waals surface area contributed by atoms with Crippen molar-refractivity contribution >= 4 is 11.9 Å². The molecule has 3 rings (SSSR count). The smallest absolute Gasteiger partial charge is 0.315 e. The van der Waals surface area contributed by atoms with Gasteiger partial charge in [0.2, 0.25) is 5.91 Å². The molecule has 1 aliphatic rings. The normalized spacial score (nSPS) is 16.0. The van der Waals surface area contributed by atoms with Crippen LogP contribution < -0.4 is 16.0 Å². The number of carbonyl (C=O) groups excluding carboxylic acids is 2. The Bertz CT molecular complexity index is 786. The third-order valence-corrected chi connectivity index (χ3v) is 5.63. The molecule has 29 heavy (non-hydrogen) atoms. The lowest BCUT2D eigenvalue weighted by molar-refractivity contribution is -0.127. The molecule has 0 saturated heterocycles. The number of benzene rings is 2. The Balaban J connectivity index is 1.51. The second-order valence-electron chi connectivity index (χ2n) is 7.98. The van der Waals surface area contributed by atoms with E-state index in [4.69, 9.17) is 0 Å². The molecule has 0 heterocycles. The lowest BCUT2D eigenvalue weighted by Crippen LogP contribution is -2.60. The summed E-state index contributed by atoms with van der Waals surface area (Å²) in [5.74, 6) is -0.0644. The Kier molecular flexibility index (Phi) is 7.28. The third kappa shape index (κ3) is 6.08. The van der Waals surface area contributed by atoms with Crippen molar-refractivity contribution in [1.82, 2.24) is 16.0 Å². The topological polar surface area (TPSA) is 70.2 Å². The summed E-state index contributed by atoms with van der Waals surface area (Å²) < 4.78 is 0. The molecule has 0 bridgehead atoms. The fraction of sp³-hybridized carbons (Fsp3) is 0.417. The van der Waals surface area contributed by atoms with Gasteiger partial charge in [0.05, 0.1) is 0 Å². The van der Waals surface area contributed by atoms with Crippen LogP contribution in [0.3, 0.4) is 0 Å². The lowest BCUT2D eigenvalue weighted by atomic mass is 9.95. The van der Waals surface area contributed by atoms with Crippen LogP contribution in [0, 0.1) is 0 Å². The summed E-state index contributed by atoms with van der Waals surface area (Å²) >= 11 is 0. The second kappa shape index (κ2) is 10.1. The van der Waals surface area contributed by atoms with Gasteiger partial charge in [-0.15, -0.1) is 0 Å². The number of urea groups is 1. The Labute approximate surface area is 173 Å². The molecule has 1 aliphatic carbocycles. The first-order chi connectivity index (χ1) is 14.1. The zero-order valence-corrected chi connectivity index (χ0v) is 17.1. The van der Waals surface area contributed by atoms with Crippen LogP contribution in [0.1, 0.15) is 50.2 Å². The molecule has 5 nitrogen and oxygen atoms in total. The van der Waals surface area contributed by atoms with Crippen LogP contribution in [0.2, 0.25) is 0 Å². The van der Waals surface area contributed by atoms with Crippen LogP contribution in [0.25, 0.3) is 0 Å². The minimum atomic E-state index is -0.804. The van der Waals surface area contributed by atoms with Crippen LogP contribution in [-0.4, -0.2) is 23.5 Å². The molecular weight excluding hydrogens is 362 g/mol. The zero-order chi connectivity index (χ0) is 20.5. The van der Waals surface area contributed by atoms with E-state index >= 15 is 0 Å². The Hall–Kier alpha value is -2.82. The van der Waals surface area contributed by atoms with Crippen molar-refractivity contribution in [2.24, 2.45) is 0 Å². The van der Waals surface area contributed by atoms with Gasteiger partial charge in [-0.25, -0.2) is 4.79 Å². The SMILES string of the molecule is CC(CCc1ccccc1)NC(=O)C1(NC(=O)NCc2ccccc2)CCCC1. The predicted octanol–water partition coefficient (Wildman–Crippen LogP) is 3.94. The molecular formula is C24H31N3O2. The lowest BCUT2D eigenvalue weighted by Gasteiger charge is -2.30. The van der Waals surface area contributed by atoms with E-state index in [9.17, 15) is 9.59 Å². The molecule has 0 radical (unpaired) electrons. The first-order valence-corrected chi connectivity index (χ1v) is 10.5.